The summed E-state index contributed by atoms with van der Waals surface area (Å²) in [5, 5.41) is 3.20. The Hall–Kier alpha value is -2.41. The Morgan fingerprint density at radius 1 is 1.25 bits per heavy atom. The summed E-state index contributed by atoms with van der Waals surface area (Å²) in [4.78, 5) is 37.8. The molecule has 1 aromatic carbocycles. The maximum Gasteiger partial charge on any atom is 0.332 e. The van der Waals surface area contributed by atoms with Crippen LogP contribution in [-0.4, -0.2) is 35.3 Å². The van der Waals surface area contributed by atoms with E-state index in [0.717, 1.165) is 4.57 Å². The molecule has 1 amide bonds. The monoisotopic (exact) mass is 333 g/mol. The molecular weight excluding hydrogens is 310 g/mol. The molecule has 1 N–H and O–H groups in total. The summed E-state index contributed by atoms with van der Waals surface area (Å²) < 4.78 is 7.51. The number of benzene rings is 1. The van der Waals surface area contributed by atoms with Gasteiger partial charge in [0.1, 0.15) is 6.04 Å². The van der Waals surface area contributed by atoms with Crippen LogP contribution >= 0.6 is 0 Å². The van der Waals surface area contributed by atoms with E-state index >= 15 is 0 Å². The first-order valence-corrected chi connectivity index (χ1v) is 8.07. The van der Waals surface area contributed by atoms with Gasteiger partial charge >= 0.3 is 5.69 Å². The van der Waals surface area contributed by atoms with Crippen molar-refractivity contribution in [2.45, 2.75) is 32.9 Å². The van der Waals surface area contributed by atoms with E-state index in [0.29, 0.717) is 30.5 Å². The van der Waals surface area contributed by atoms with Crippen molar-refractivity contribution in [2.75, 3.05) is 20.3 Å². The molecule has 0 radical (unpaired) electrons. The van der Waals surface area contributed by atoms with Gasteiger partial charge in [-0.3, -0.25) is 18.7 Å². The number of nitrogens with one attached hydrogen (secondary N) is 1. The number of hydrogen-bond donors (Lipinski definition) is 1. The lowest BCUT2D eigenvalue weighted by Crippen LogP contribution is -2.45. The Balaban J connectivity index is 2.63. The largest absolute Gasteiger partial charge is 0.383 e. The highest BCUT2D eigenvalue weighted by Crippen LogP contribution is 2.16. The number of carbonyl (C=O) groups is 1. The zero-order chi connectivity index (χ0) is 17.7. The predicted octanol–water partition coefficient (Wildman–Crippen LogP) is 0.897. The first kappa shape index (κ1) is 17.9. The van der Waals surface area contributed by atoms with Gasteiger partial charge in [0.15, 0.2) is 0 Å². The minimum Gasteiger partial charge on any atom is -0.383 e. The minimum absolute atomic E-state index is 0.254. The number of amides is 1. The quantitative estimate of drug-likeness (QED) is 0.763. The van der Waals surface area contributed by atoms with Crippen LogP contribution in [0.3, 0.4) is 0 Å². The molecular formula is C17H23N3O4. The molecule has 1 aromatic heterocycles. The van der Waals surface area contributed by atoms with E-state index < -0.39 is 11.7 Å². The zero-order valence-corrected chi connectivity index (χ0v) is 14.2. The van der Waals surface area contributed by atoms with Crippen LogP contribution in [-0.2, 0) is 16.1 Å². The predicted molar refractivity (Wildman–Crippen MR) is 92.4 cm³/mol. The molecule has 0 aliphatic carbocycles. The molecule has 0 unspecified atom stereocenters. The van der Waals surface area contributed by atoms with Gasteiger partial charge in [-0.15, -0.1) is 0 Å². The van der Waals surface area contributed by atoms with E-state index in [4.69, 9.17) is 4.74 Å². The van der Waals surface area contributed by atoms with E-state index in [9.17, 15) is 14.4 Å². The highest BCUT2D eigenvalue weighted by Gasteiger charge is 2.23. The Kier molecular flexibility index (Phi) is 5.92. The summed E-state index contributed by atoms with van der Waals surface area (Å²) in [6.45, 7) is 4.59. The minimum atomic E-state index is -0.683. The third-order valence-electron chi connectivity index (χ3n) is 4.00. The topological polar surface area (TPSA) is 82.3 Å². The first-order valence-electron chi connectivity index (χ1n) is 8.07. The molecule has 0 aliphatic rings. The smallest absolute Gasteiger partial charge is 0.332 e. The second-order valence-electron chi connectivity index (χ2n) is 5.43. The number of nitrogens with zero attached hydrogens (tertiary/aromatic N) is 2. The number of ether oxygens (including phenoxy) is 1. The maximum absolute atomic E-state index is 12.8. The van der Waals surface area contributed by atoms with Gasteiger partial charge in [0.2, 0.25) is 5.91 Å². The zero-order valence-electron chi connectivity index (χ0n) is 14.2. The summed E-state index contributed by atoms with van der Waals surface area (Å²) >= 11 is 0. The van der Waals surface area contributed by atoms with Gasteiger partial charge in [0.05, 0.1) is 17.5 Å². The van der Waals surface area contributed by atoms with Crippen molar-refractivity contribution in [1.29, 1.82) is 0 Å². The fraction of sp³-hybridized carbons (Fsp3) is 0.471. The van der Waals surface area contributed by atoms with Crippen molar-refractivity contribution >= 4 is 16.8 Å². The molecule has 24 heavy (non-hydrogen) atoms. The average molecular weight is 333 g/mol. The summed E-state index contributed by atoms with van der Waals surface area (Å²) in [6, 6.07) is 6.19. The standard InChI is InChI=1S/C17H23N3O4/c1-4-13(15(21)18-10-11-24-3)20-14-9-7-6-8-12(14)16(22)19(5-2)17(20)23/h6-9,13H,4-5,10-11H2,1-3H3,(H,18,21)/t13-/m1/s1. The maximum atomic E-state index is 12.8. The van der Waals surface area contributed by atoms with Gasteiger partial charge in [-0.25, -0.2) is 4.79 Å². The molecule has 0 bridgehead atoms. The summed E-state index contributed by atoms with van der Waals surface area (Å²) in [5.74, 6) is -0.261. The van der Waals surface area contributed by atoms with E-state index in [2.05, 4.69) is 5.32 Å². The van der Waals surface area contributed by atoms with Crippen molar-refractivity contribution in [3.63, 3.8) is 0 Å². The van der Waals surface area contributed by atoms with Crippen molar-refractivity contribution in [3.05, 3.63) is 45.1 Å². The second kappa shape index (κ2) is 7.92. The molecule has 0 saturated heterocycles. The Labute approximate surface area is 139 Å². The molecule has 2 rings (SSSR count). The van der Waals surface area contributed by atoms with Gasteiger partial charge in [0, 0.05) is 20.2 Å². The highest BCUT2D eigenvalue weighted by molar-refractivity contribution is 5.84. The van der Waals surface area contributed by atoms with Crippen LogP contribution in [0, 0.1) is 0 Å². The molecule has 1 atom stereocenters. The summed E-state index contributed by atoms with van der Waals surface area (Å²) in [7, 11) is 1.55. The number of carbonyl (C=O) groups excluding carboxylic acids is 1. The third kappa shape index (κ3) is 3.26. The molecule has 0 spiro atoms. The van der Waals surface area contributed by atoms with E-state index in [1.807, 2.05) is 6.92 Å². The van der Waals surface area contributed by atoms with Crippen molar-refractivity contribution in [3.8, 4) is 0 Å². The molecule has 0 fully saturated rings. The van der Waals surface area contributed by atoms with Crippen LogP contribution in [0.25, 0.3) is 10.9 Å². The first-order chi connectivity index (χ1) is 11.6. The van der Waals surface area contributed by atoms with Crippen LogP contribution in [0.1, 0.15) is 26.3 Å². The average Bonchev–Trinajstić information content (AvgIpc) is 2.59. The van der Waals surface area contributed by atoms with Gasteiger partial charge in [-0.05, 0) is 25.5 Å². The van der Waals surface area contributed by atoms with E-state index in [1.165, 1.54) is 4.57 Å². The van der Waals surface area contributed by atoms with E-state index in [-0.39, 0.29) is 18.0 Å². The van der Waals surface area contributed by atoms with Crippen LogP contribution in [0.2, 0.25) is 0 Å². The van der Waals surface area contributed by atoms with Crippen LogP contribution in [0.5, 0.6) is 0 Å². The van der Waals surface area contributed by atoms with Crippen LogP contribution < -0.4 is 16.6 Å². The van der Waals surface area contributed by atoms with Crippen molar-refractivity contribution in [2.24, 2.45) is 0 Å². The lowest BCUT2D eigenvalue weighted by molar-refractivity contribution is -0.124. The molecule has 130 valence electrons. The Morgan fingerprint density at radius 3 is 2.58 bits per heavy atom. The van der Waals surface area contributed by atoms with Crippen molar-refractivity contribution in [1.82, 2.24) is 14.5 Å². The fourth-order valence-electron chi connectivity index (χ4n) is 2.79. The van der Waals surface area contributed by atoms with Gasteiger partial charge < -0.3 is 10.1 Å². The van der Waals surface area contributed by atoms with Crippen molar-refractivity contribution < 1.29 is 9.53 Å². The molecule has 0 aliphatic heterocycles. The molecule has 2 aromatic rings. The van der Waals surface area contributed by atoms with Crippen LogP contribution in [0.4, 0.5) is 0 Å². The Bertz CT molecular complexity index is 838. The summed E-state index contributed by atoms with van der Waals surface area (Å²) in [5.41, 5.74) is -0.315. The van der Waals surface area contributed by atoms with Crippen LogP contribution in [0.15, 0.2) is 33.9 Å². The number of fused-ring (bicyclic) bond motifs is 1. The summed E-state index contributed by atoms with van der Waals surface area (Å²) in [6.07, 6.45) is 0.435. The third-order valence-corrected chi connectivity index (χ3v) is 4.00. The normalized spacial score (nSPS) is 12.3. The molecule has 0 saturated carbocycles. The number of methoxy groups -OCH3 is 1. The van der Waals surface area contributed by atoms with E-state index in [1.54, 1.807) is 38.3 Å². The second-order valence-corrected chi connectivity index (χ2v) is 5.43. The van der Waals surface area contributed by atoms with Gasteiger partial charge in [-0.2, -0.15) is 0 Å². The van der Waals surface area contributed by atoms with Gasteiger partial charge in [-0.1, -0.05) is 19.1 Å². The fourth-order valence-corrected chi connectivity index (χ4v) is 2.79. The molecule has 7 nitrogen and oxygen atoms in total. The number of rotatable bonds is 7. The number of hydrogen-bond acceptors (Lipinski definition) is 4. The highest BCUT2D eigenvalue weighted by atomic mass is 16.5. The van der Waals surface area contributed by atoms with Gasteiger partial charge in [0.25, 0.3) is 5.56 Å². The Morgan fingerprint density at radius 2 is 1.96 bits per heavy atom. The lowest BCUT2D eigenvalue weighted by atomic mass is 10.1. The lowest BCUT2D eigenvalue weighted by Gasteiger charge is -2.21. The number of para-hydroxylation sites is 1. The number of aromatic nitrogens is 2. The SMILES string of the molecule is CC[C@H](C(=O)NCCOC)n1c(=O)n(CC)c(=O)c2ccccc21. The molecule has 1 heterocycles. The molecule has 7 heteroatoms.